The number of carbonyl (C=O) groups excluding carboxylic acids is 2. The van der Waals surface area contributed by atoms with Crippen molar-refractivity contribution in [1.29, 1.82) is 0 Å². The van der Waals surface area contributed by atoms with Crippen LogP contribution in [0.5, 0.6) is 0 Å². The zero-order valence-corrected chi connectivity index (χ0v) is 19.8. The third-order valence-electron chi connectivity index (χ3n) is 5.12. The van der Waals surface area contributed by atoms with Gasteiger partial charge in [0.25, 0.3) is 0 Å². The standard InChI is InChI=1S/C26H19N3O3S2/c1-17(30)29(19-8-3-2-4-9-19)26-27-18(16-34-26)15-32-25(31)21-14-23(24-12-7-13-33-24)28-22-11-6-5-10-20(21)22/h2-14,16H,15H2,1H3. The van der Waals surface area contributed by atoms with Crippen molar-refractivity contribution in [3.8, 4) is 10.6 Å². The number of pyridine rings is 1. The predicted molar refractivity (Wildman–Crippen MR) is 136 cm³/mol. The first-order valence-electron chi connectivity index (χ1n) is 10.5. The first kappa shape index (κ1) is 21.9. The first-order chi connectivity index (χ1) is 16.6. The fourth-order valence-corrected chi connectivity index (χ4v) is 5.14. The van der Waals surface area contributed by atoms with Crippen LogP contribution in [0.3, 0.4) is 0 Å². The van der Waals surface area contributed by atoms with Gasteiger partial charge in [-0.1, -0.05) is 42.5 Å². The second kappa shape index (κ2) is 9.54. The number of carbonyl (C=O) groups is 2. The Hall–Kier alpha value is -3.88. The van der Waals surface area contributed by atoms with Crippen LogP contribution in [0.25, 0.3) is 21.5 Å². The predicted octanol–water partition coefficient (Wildman–Crippen LogP) is 6.46. The molecular formula is C26H19N3O3S2. The zero-order valence-electron chi connectivity index (χ0n) is 18.2. The molecule has 0 saturated carbocycles. The summed E-state index contributed by atoms with van der Waals surface area (Å²) in [5.74, 6) is -0.592. The van der Waals surface area contributed by atoms with Gasteiger partial charge in [0.05, 0.1) is 33.0 Å². The zero-order chi connectivity index (χ0) is 23.5. The number of hydrogen-bond acceptors (Lipinski definition) is 7. The largest absolute Gasteiger partial charge is 0.456 e. The summed E-state index contributed by atoms with van der Waals surface area (Å²) in [7, 11) is 0. The molecular weight excluding hydrogens is 466 g/mol. The molecule has 6 nitrogen and oxygen atoms in total. The van der Waals surface area contributed by atoms with Crippen LogP contribution in [0.2, 0.25) is 0 Å². The summed E-state index contributed by atoms with van der Waals surface area (Å²) < 4.78 is 5.63. The van der Waals surface area contributed by atoms with Crippen LogP contribution in [0.15, 0.2) is 83.6 Å². The molecule has 5 rings (SSSR count). The minimum atomic E-state index is -0.447. The number of thiazole rings is 1. The van der Waals surface area contributed by atoms with Crippen molar-refractivity contribution in [2.45, 2.75) is 13.5 Å². The van der Waals surface area contributed by atoms with Gasteiger partial charge in [-0.3, -0.25) is 9.69 Å². The van der Waals surface area contributed by atoms with Crippen molar-refractivity contribution < 1.29 is 14.3 Å². The summed E-state index contributed by atoms with van der Waals surface area (Å²) in [6.45, 7) is 1.49. The molecule has 168 valence electrons. The van der Waals surface area contributed by atoms with Crippen LogP contribution in [-0.4, -0.2) is 21.8 Å². The van der Waals surface area contributed by atoms with Crippen molar-refractivity contribution in [2.24, 2.45) is 0 Å². The number of rotatable bonds is 6. The highest BCUT2D eigenvalue weighted by molar-refractivity contribution is 7.14. The molecule has 1 amide bonds. The van der Waals surface area contributed by atoms with Gasteiger partial charge in [-0.15, -0.1) is 22.7 Å². The van der Waals surface area contributed by atoms with E-state index in [4.69, 9.17) is 9.72 Å². The van der Waals surface area contributed by atoms with Gasteiger partial charge in [-0.2, -0.15) is 0 Å². The summed E-state index contributed by atoms with van der Waals surface area (Å²) in [4.78, 5) is 37.1. The maximum absolute atomic E-state index is 13.1. The number of hydrogen-bond donors (Lipinski definition) is 0. The fraction of sp³-hybridized carbons (Fsp3) is 0.0769. The topological polar surface area (TPSA) is 72.4 Å². The van der Waals surface area contributed by atoms with E-state index in [-0.39, 0.29) is 12.5 Å². The molecule has 0 radical (unpaired) electrons. The van der Waals surface area contributed by atoms with E-state index in [1.807, 2.05) is 72.1 Å². The SMILES string of the molecule is CC(=O)N(c1ccccc1)c1nc(COC(=O)c2cc(-c3cccs3)nc3ccccc23)cs1. The Kier molecular flexibility index (Phi) is 6.16. The average Bonchev–Trinajstić information content (AvgIpc) is 3.55. The van der Waals surface area contributed by atoms with Gasteiger partial charge in [-0.05, 0) is 35.7 Å². The number of ether oxygens (including phenoxy) is 1. The second-order valence-corrected chi connectivity index (χ2v) is 9.22. The highest BCUT2D eigenvalue weighted by atomic mass is 32.1. The number of aromatic nitrogens is 2. The molecule has 0 atom stereocenters. The number of fused-ring (bicyclic) bond motifs is 1. The molecule has 0 fully saturated rings. The average molecular weight is 486 g/mol. The Morgan fingerprint density at radius 2 is 1.74 bits per heavy atom. The summed E-state index contributed by atoms with van der Waals surface area (Å²) in [5, 5.41) is 5.03. The summed E-state index contributed by atoms with van der Waals surface area (Å²) in [6, 6.07) is 22.5. The van der Waals surface area contributed by atoms with E-state index < -0.39 is 5.97 Å². The highest BCUT2D eigenvalue weighted by Crippen LogP contribution is 2.30. The van der Waals surface area contributed by atoms with E-state index in [0.717, 1.165) is 27.2 Å². The number of para-hydroxylation sites is 2. The Balaban J connectivity index is 1.38. The number of benzene rings is 2. The lowest BCUT2D eigenvalue weighted by molar-refractivity contribution is -0.115. The molecule has 2 aromatic carbocycles. The number of amides is 1. The van der Waals surface area contributed by atoms with Crippen LogP contribution in [0.4, 0.5) is 10.8 Å². The maximum atomic E-state index is 13.1. The molecule has 0 aliphatic carbocycles. The van der Waals surface area contributed by atoms with E-state index in [1.54, 1.807) is 27.7 Å². The normalized spacial score (nSPS) is 10.9. The smallest absolute Gasteiger partial charge is 0.339 e. The van der Waals surface area contributed by atoms with Crippen LogP contribution < -0.4 is 4.90 Å². The Morgan fingerprint density at radius 3 is 2.50 bits per heavy atom. The first-order valence-corrected chi connectivity index (χ1v) is 12.3. The van der Waals surface area contributed by atoms with Gasteiger partial charge in [0.2, 0.25) is 5.91 Å². The van der Waals surface area contributed by atoms with E-state index in [0.29, 0.717) is 16.4 Å². The number of nitrogens with zero attached hydrogens (tertiary/aromatic N) is 3. The molecule has 0 N–H and O–H groups in total. The van der Waals surface area contributed by atoms with Crippen LogP contribution in [0.1, 0.15) is 23.0 Å². The second-order valence-electron chi connectivity index (χ2n) is 7.44. The maximum Gasteiger partial charge on any atom is 0.339 e. The molecule has 5 aromatic rings. The van der Waals surface area contributed by atoms with Crippen molar-refractivity contribution in [3.05, 3.63) is 94.8 Å². The molecule has 0 unspecified atom stereocenters. The van der Waals surface area contributed by atoms with E-state index in [1.165, 1.54) is 18.3 Å². The lowest BCUT2D eigenvalue weighted by atomic mass is 10.1. The molecule has 3 aromatic heterocycles. The van der Waals surface area contributed by atoms with E-state index in [9.17, 15) is 9.59 Å². The number of thiophene rings is 1. The van der Waals surface area contributed by atoms with Crippen molar-refractivity contribution in [3.63, 3.8) is 0 Å². The Morgan fingerprint density at radius 1 is 0.941 bits per heavy atom. The molecule has 0 saturated heterocycles. The van der Waals surface area contributed by atoms with Crippen molar-refractivity contribution in [1.82, 2.24) is 9.97 Å². The highest BCUT2D eigenvalue weighted by Gasteiger charge is 2.19. The molecule has 0 aliphatic rings. The van der Waals surface area contributed by atoms with Gasteiger partial charge in [-0.25, -0.2) is 14.8 Å². The number of anilines is 2. The minimum Gasteiger partial charge on any atom is -0.456 e. The van der Waals surface area contributed by atoms with Crippen LogP contribution >= 0.6 is 22.7 Å². The molecule has 0 spiro atoms. The van der Waals surface area contributed by atoms with Crippen molar-refractivity contribution in [2.75, 3.05) is 4.90 Å². The van der Waals surface area contributed by atoms with Crippen LogP contribution in [0, 0.1) is 0 Å². The third-order valence-corrected chi connectivity index (χ3v) is 6.89. The number of esters is 1. The molecule has 3 heterocycles. The summed E-state index contributed by atoms with van der Waals surface area (Å²) in [5.41, 5.74) is 3.23. The van der Waals surface area contributed by atoms with Gasteiger partial charge < -0.3 is 4.74 Å². The van der Waals surface area contributed by atoms with Gasteiger partial charge in [0.1, 0.15) is 6.61 Å². The van der Waals surface area contributed by atoms with Crippen molar-refractivity contribution >= 4 is 56.3 Å². The lowest BCUT2D eigenvalue weighted by Gasteiger charge is -2.17. The summed E-state index contributed by atoms with van der Waals surface area (Å²) >= 11 is 2.89. The van der Waals surface area contributed by atoms with Gasteiger partial charge in [0, 0.05) is 17.7 Å². The fourth-order valence-electron chi connectivity index (χ4n) is 3.58. The Bertz CT molecular complexity index is 1460. The Labute approximate surface area is 204 Å². The third kappa shape index (κ3) is 4.46. The lowest BCUT2D eigenvalue weighted by Crippen LogP contribution is -2.22. The van der Waals surface area contributed by atoms with Gasteiger partial charge >= 0.3 is 5.97 Å². The van der Waals surface area contributed by atoms with E-state index in [2.05, 4.69) is 4.98 Å². The quantitative estimate of drug-likeness (QED) is 0.258. The molecule has 0 bridgehead atoms. The molecule has 0 aliphatic heterocycles. The van der Waals surface area contributed by atoms with Gasteiger partial charge in [0.15, 0.2) is 5.13 Å². The molecule has 34 heavy (non-hydrogen) atoms. The molecule has 8 heteroatoms. The van der Waals surface area contributed by atoms with E-state index >= 15 is 0 Å². The monoisotopic (exact) mass is 485 g/mol. The van der Waals surface area contributed by atoms with Crippen LogP contribution in [-0.2, 0) is 16.1 Å². The minimum absolute atomic E-state index is 0.000846. The summed E-state index contributed by atoms with van der Waals surface area (Å²) in [6.07, 6.45) is 0.